The van der Waals surface area contributed by atoms with Crippen LogP contribution in [0.4, 0.5) is 0 Å². The number of allylic oxidation sites excluding steroid dienone is 2. The van der Waals surface area contributed by atoms with Gasteiger partial charge < -0.3 is 5.73 Å². The fourth-order valence-corrected chi connectivity index (χ4v) is 0.340. The van der Waals surface area contributed by atoms with Crippen molar-refractivity contribution in [2.45, 2.75) is 6.92 Å². The van der Waals surface area contributed by atoms with Gasteiger partial charge in [-0.25, -0.2) is 0 Å². The summed E-state index contributed by atoms with van der Waals surface area (Å²) in [4.78, 5) is 13.7. The van der Waals surface area contributed by atoms with Crippen LogP contribution in [0.1, 0.15) is 6.92 Å². The van der Waals surface area contributed by atoms with Crippen LogP contribution in [-0.4, -0.2) is 19.0 Å². The van der Waals surface area contributed by atoms with Gasteiger partial charge in [-0.15, -0.1) is 0 Å². The summed E-state index contributed by atoms with van der Waals surface area (Å²) in [5, 5.41) is 0. The van der Waals surface area contributed by atoms with Crippen molar-refractivity contribution < 1.29 is 4.79 Å². The second-order valence-electron chi connectivity index (χ2n) is 1.63. The van der Waals surface area contributed by atoms with Crippen LogP contribution in [0.2, 0.25) is 0 Å². The van der Waals surface area contributed by atoms with Crippen LogP contribution < -0.4 is 5.73 Å². The van der Waals surface area contributed by atoms with Crippen molar-refractivity contribution in [1.29, 1.82) is 0 Å². The third kappa shape index (κ3) is 3.46. The lowest BCUT2D eigenvalue weighted by atomic mass is 10.3. The maximum absolute atomic E-state index is 9.91. The van der Waals surface area contributed by atoms with Crippen molar-refractivity contribution in [2.24, 2.45) is 10.7 Å². The molecule has 0 saturated heterocycles. The van der Waals surface area contributed by atoms with E-state index in [4.69, 9.17) is 5.73 Å². The Morgan fingerprint density at radius 1 is 1.67 bits per heavy atom. The first-order valence-electron chi connectivity index (χ1n) is 2.56. The minimum absolute atomic E-state index is 0.207. The lowest BCUT2D eigenvalue weighted by molar-refractivity contribution is -0.104. The van der Waals surface area contributed by atoms with Gasteiger partial charge in [0, 0.05) is 12.8 Å². The molecule has 3 heteroatoms. The molecule has 0 radical (unpaired) electrons. The molecule has 0 atom stereocenters. The molecule has 50 valence electrons. The normalized spacial score (nSPS) is 13.6. The van der Waals surface area contributed by atoms with Crippen LogP contribution in [0.3, 0.4) is 0 Å². The summed E-state index contributed by atoms with van der Waals surface area (Å²) < 4.78 is 0. The summed E-state index contributed by atoms with van der Waals surface area (Å²) >= 11 is 0. The van der Waals surface area contributed by atoms with Crippen molar-refractivity contribution in [3.63, 3.8) is 0 Å². The molecule has 0 aromatic rings. The monoisotopic (exact) mass is 126 g/mol. The van der Waals surface area contributed by atoms with E-state index in [1.807, 2.05) is 0 Å². The van der Waals surface area contributed by atoms with Gasteiger partial charge in [-0.2, -0.15) is 0 Å². The van der Waals surface area contributed by atoms with E-state index in [1.54, 1.807) is 14.0 Å². The van der Waals surface area contributed by atoms with Gasteiger partial charge in [0.2, 0.25) is 0 Å². The van der Waals surface area contributed by atoms with Gasteiger partial charge in [-0.1, -0.05) is 0 Å². The molecule has 0 heterocycles. The molecular weight excluding hydrogens is 116 g/mol. The number of rotatable bonds is 2. The Morgan fingerprint density at radius 2 is 2.22 bits per heavy atom. The van der Waals surface area contributed by atoms with E-state index in [0.717, 1.165) is 5.71 Å². The highest BCUT2D eigenvalue weighted by Gasteiger charge is 1.84. The zero-order chi connectivity index (χ0) is 7.28. The average Bonchev–Trinajstić information content (AvgIpc) is 1.87. The second-order valence-corrected chi connectivity index (χ2v) is 1.63. The van der Waals surface area contributed by atoms with Crippen molar-refractivity contribution in [3.05, 3.63) is 11.8 Å². The molecule has 0 aliphatic heterocycles. The Labute approximate surface area is 54.3 Å². The summed E-state index contributed by atoms with van der Waals surface area (Å²) in [5.41, 5.74) is 6.12. The molecule has 0 rings (SSSR count). The largest absolute Gasteiger partial charge is 0.396 e. The summed E-state index contributed by atoms with van der Waals surface area (Å²) in [6.45, 7) is 1.77. The number of nitrogens with zero attached hydrogens (tertiary/aromatic N) is 1. The Balaban J connectivity index is 4.11. The average molecular weight is 126 g/mol. The Morgan fingerprint density at radius 3 is 2.56 bits per heavy atom. The maximum atomic E-state index is 9.91. The van der Waals surface area contributed by atoms with Gasteiger partial charge in [0.05, 0.1) is 5.70 Å². The molecule has 0 fully saturated rings. The highest BCUT2D eigenvalue weighted by atomic mass is 16.1. The number of nitrogens with two attached hydrogens (primary N) is 1. The fraction of sp³-hybridized carbons (Fsp3) is 0.333. The number of carbonyl (C=O) groups is 1. The number of aliphatic imine (C=N–C) groups is 1. The first kappa shape index (κ1) is 7.88. The van der Waals surface area contributed by atoms with E-state index < -0.39 is 0 Å². The Hall–Kier alpha value is -1.12. The quantitative estimate of drug-likeness (QED) is 0.324. The zero-order valence-corrected chi connectivity index (χ0v) is 5.59. The zero-order valence-electron chi connectivity index (χ0n) is 5.59. The third-order valence-electron chi connectivity index (χ3n) is 0.864. The Kier molecular flexibility index (Phi) is 3.35. The van der Waals surface area contributed by atoms with Crippen molar-refractivity contribution >= 4 is 12.0 Å². The summed E-state index contributed by atoms with van der Waals surface area (Å²) in [7, 11) is 1.64. The highest BCUT2D eigenvalue weighted by Crippen LogP contribution is 1.81. The number of carbonyl (C=O) groups excluding carboxylic acids is 1. The number of hydrogen-bond donors (Lipinski definition) is 1. The van der Waals surface area contributed by atoms with Gasteiger partial charge in [0.25, 0.3) is 0 Å². The fourth-order valence-electron chi connectivity index (χ4n) is 0.340. The standard InChI is InChI=1S/C6H10N2O/c1-5(8-2)3-6(7)4-9/h3-4H,7H2,1-2H3/b6-3-,8-5?. The predicted octanol–water partition coefficient (Wildman–Crippen LogP) is 0.119. The molecule has 0 amide bonds. The molecule has 0 aliphatic rings. The first-order chi connectivity index (χ1) is 4.20. The first-order valence-corrected chi connectivity index (χ1v) is 2.56. The van der Waals surface area contributed by atoms with E-state index in [2.05, 4.69) is 4.99 Å². The van der Waals surface area contributed by atoms with Gasteiger partial charge in [0.15, 0.2) is 6.29 Å². The van der Waals surface area contributed by atoms with Crippen LogP contribution in [0.25, 0.3) is 0 Å². The van der Waals surface area contributed by atoms with Gasteiger partial charge >= 0.3 is 0 Å². The maximum Gasteiger partial charge on any atom is 0.165 e. The van der Waals surface area contributed by atoms with E-state index in [1.165, 1.54) is 6.08 Å². The highest BCUT2D eigenvalue weighted by molar-refractivity contribution is 5.96. The van der Waals surface area contributed by atoms with Crippen LogP contribution in [0.15, 0.2) is 16.8 Å². The molecule has 0 aromatic heterocycles. The van der Waals surface area contributed by atoms with Crippen LogP contribution in [0.5, 0.6) is 0 Å². The third-order valence-corrected chi connectivity index (χ3v) is 0.864. The van der Waals surface area contributed by atoms with Crippen LogP contribution >= 0.6 is 0 Å². The van der Waals surface area contributed by atoms with Gasteiger partial charge in [0.1, 0.15) is 0 Å². The molecule has 0 aliphatic carbocycles. The SMILES string of the molecule is CN=C(C)/C=C(\N)C=O. The van der Waals surface area contributed by atoms with Gasteiger partial charge in [-0.3, -0.25) is 9.79 Å². The van der Waals surface area contributed by atoms with E-state index >= 15 is 0 Å². The lowest BCUT2D eigenvalue weighted by Gasteiger charge is -1.87. The van der Waals surface area contributed by atoms with Crippen LogP contribution in [-0.2, 0) is 4.79 Å². The summed E-state index contributed by atoms with van der Waals surface area (Å²) in [6.07, 6.45) is 2.11. The van der Waals surface area contributed by atoms with E-state index in [9.17, 15) is 4.79 Å². The molecule has 0 saturated carbocycles. The van der Waals surface area contributed by atoms with Crippen molar-refractivity contribution in [2.75, 3.05) is 7.05 Å². The van der Waals surface area contributed by atoms with Crippen molar-refractivity contribution in [3.8, 4) is 0 Å². The van der Waals surface area contributed by atoms with Gasteiger partial charge in [-0.05, 0) is 13.0 Å². The molecule has 2 N–H and O–H groups in total. The molecule has 0 bridgehead atoms. The van der Waals surface area contributed by atoms with Crippen molar-refractivity contribution in [1.82, 2.24) is 0 Å². The minimum atomic E-state index is 0.207. The van der Waals surface area contributed by atoms with Crippen LogP contribution in [0, 0.1) is 0 Å². The lowest BCUT2D eigenvalue weighted by Crippen LogP contribution is -2.00. The molecule has 0 aromatic carbocycles. The predicted molar refractivity (Wildman–Crippen MR) is 37.4 cm³/mol. The molecular formula is C6H10N2O. The van der Waals surface area contributed by atoms with E-state index in [-0.39, 0.29) is 5.70 Å². The summed E-state index contributed by atoms with van der Waals surface area (Å²) in [6, 6.07) is 0. The molecule has 3 nitrogen and oxygen atoms in total. The number of hydrogen-bond acceptors (Lipinski definition) is 3. The molecule has 0 spiro atoms. The van der Waals surface area contributed by atoms with E-state index in [0.29, 0.717) is 6.29 Å². The molecule has 0 unspecified atom stereocenters. The molecule has 9 heavy (non-hydrogen) atoms. The minimum Gasteiger partial charge on any atom is -0.396 e. The summed E-state index contributed by atoms with van der Waals surface area (Å²) in [5.74, 6) is 0. The number of aldehydes is 1. The Bertz CT molecular complexity index is 158. The smallest absolute Gasteiger partial charge is 0.165 e. The second kappa shape index (κ2) is 3.83. The topological polar surface area (TPSA) is 55.4 Å².